The minimum atomic E-state index is -0.325. The van der Waals surface area contributed by atoms with Crippen LogP contribution in [-0.2, 0) is 9.59 Å². The van der Waals surface area contributed by atoms with E-state index >= 15 is 0 Å². The zero-order chi connectivity index (χ0) is 21.1. The van der Waals surface area contributed by atoms with Crippen molar-refractivity contribution in [3.63, 3.8) is 0 Å². The molecule has 29 heavy (non-hydrogen) atoms. The van der Waals surface area contributed by atoms with Gasteiger partial charge in [0.25, 0.3) is 5.91 Å². The molecule has 1 aliphatic heterocycles. The molecule has 1 aliphatic rings. The third-order valence-corrected chi connectivity index (χ3v) is 5.00. The molecule has 0 aromatic heterocycles. The number of methoxy groups -OCH3 is 1. The van der Waals surface area contributed by atoms with Crippen molar-refractivity contribution in [1.82, 2.24) is 4.90 Å². The number of carbonyl (C=O) groups excluding carboxylic acids is 3. The fourth-order valence-corrected chi connectivity index (χ4v) is 3.49. The highest BCUT2D eigenvalue weighted by Crippen LogP contribution is 2.31. The van der Waals surface area contributed by atoms with E-state index in [0.29, 0.717) is 22.7 Å². The summed E-state index contributed by atoms with van der Waals surface area (Å²) in [6.07, 6.45) is 0.188. The van der Waals surface area contributed by atoms with E-state index in [1.54, 1.807) is 49.4 Å². The molecular weight excluding hydrogens is 370 g/mol. The first-order valence-corrected chi connectivity index (χ1v) is 9.43. The molecule has 0 unspecified atom stereocenters. The molecule has 0 saturated heterocycles. The number of likely N-dealkylation sites (N-methyl/N-ethyl adjacent to an activating group) is 1. The van der Waals surface area contributed by atoms with Crippen molar-refractivity contribution in [3.05, 3.63) is 53.6 Å². The number of nitrogens with one attached hydrogen (secondary N) is 1. The van der Waals surface area contributed by atoms with E-state index in [-0.39, 0.29) is 36.7 Å². The van der Waals surface area contributed by atoms with Gasteiger partial charge in [-0.15, -0.1) is 0 Å². The lowest BCUT2D eigenvalue weighted by atomic mass is 10.1. The molecule has 1 heterocycles. The normalized spacial score (nSPS) is 15.8. The fraction of sp³-hybridized carbons (Fsp3) is 0.318. The van der Waals surface area contributed by atoms with Crippen LogP contribution in [0.2, 0.25) is 0 Å². The molecule has 0 aliphatic carbocycles. The average molecular weight is 395 g/mol. The van der Waals surface area contributed by atoms with Gasteiger partial charge in [-0.1, -0.05) is 18.2 Å². The van der Waals surface area contributed by atoms with Crippen LogP contribution in [0.15, 0.2) is 42.5 Å². The highest BCUT2D eigenvalue weighted by molar-refractivity contribution is 6.06. The molecule has 3 amide bonds. The molecule has 2 aromatic carbocycles. The van der Waals surface area contributed by atoms with Gasteiger partial charge in [0.15, 0.2) is 0 Å². The molecule has 3 rings (SSSR count). The first-order chi connectivity index (χ1) is 13.8. The van der Waals surface area contributed by atoms with Crippen molar-refractivity contribution < 1.29 is 19.1 Å². The number of fused-ring (bicyclic) bond motifs is 1. The third kappa shape index (κ3) is 4.23. The summed E-state index contributed by atoms with van der Waals surface area (Å²) in [7, 11) is 3.14. The molecule has 1 N–H and O–H groups in total. The van der Waals surface area contributed by atoms with Crippen molar-refractivity contribution in [2.24, 2.45) is 0 Å². The lowest BCUT2D eigenvalue weighted by molar-refractivity contribution is -0.119. The van der Waals surface area contributed by atoms with Gasteiger partial charge < -0.3 is 19.9 Å². The van der Waals surface area contributed by atoms with Crippen LogP contribution in [0.3, 0.4) is 0 Å². The predicted octanol–water partition coefficient (Wildman–Crippen LogP) is 2.84. The maximum Gasteiger partial charge on any atom is 0.254 e. The molecule has 0 fully saturated rings. The topological polar surface area (TPSA) is 79.0 Å². The van der Waals surface area contributed by atoms with Crippen LogP contribution >= 0.6 is 0 Å². The van der Waals surface area contributed by atoms with E-state index < -0.39 is 0 Å². The second-order valence-corrected chi connectivity index (χ2v) is 7.23. The number of para-hydroxylation sites is 2. The smallest absolute Gasteiger partial charge is 0.254 e. The Bertz CT molecular complexity index is 957. The van der Waals surface area contributed by atoms with Crippen LogP contribution in [-0.4, -0.2) is 49.4 Å². The summed E-state index contributed by atoms with van der Waals surface area (Å²) in [5.41, 5.74) is 2.60. The monoisotopic (exact) mass is 395 g/mol. The molecule has 2 aromatic rings. The molecule has 0 saturated carbocycles. The van der Waals surface area contributed by atoms with E-state index in [2.05, 4.69) is 5.32 Å². The number of amides is 3. The summed E-state index contributed by atoms with van der Waals surface area (Å²) < 4.78 is 5.28. The predicted molar refractivity (Wildman–Crippen MR) is 111 cm³/mol. The Balaban J connectivity index is 1.82. The van der Waals surface area contributed by atoms with E-state index in [9.17, 15) is 14.4 Å². The van der Waals surface area contributed by atoms with Crippen LogP contribution in [0, 0.1) is 6.92 Å². The Morgan fingerprint density at radius 1 is 1.24 bits per heavy atom. The van der Waals surface area contributed by atoms with Gasteiger partial charge >= 0.3 is 0 Å². The Morgan fingerprint density at radius 3 is 2.69 bits per heavy atom. The number of benzene rings is 2. The van der Waals surface area contributed by atoms with Crippen molar-refractivity contribution in [2.75, 3.05) is 30.9 Å². The second kappa shape index (κ2) is 8.34. The maximum absolute atomic E-state index is 13.1. The number of aryl methyl sites for hydroxylation is 1. The van der Waals surface area contributed by atoms with Gasteiger partial charge in [0, 0.05) is 25.1 Å². The van der Waals surface area contributed by atoms with Gasteiger partial charge in [0.05, 0.1) is 18.5 Å². The van der Waals surface area contributed by atoms with Crippen LogP contribution in [0.4, 0.5) is 11.4 Å². The molecule has 0 radical (unpaired) electrons. The minimum absolute atomic E-state index is 0.109. The Labute approximate surface area is 170 Å². The van der Waals surface area contributed by atoms with E-state index in [1.165, 1.54) is 4.90 Å². The quantitative estimate of drug-likeness (QED) is 0.863. The average Bonchev–Trinajstić information content (AvgIpc) is 2.81. The van der Waals surface area contributed by atoms with Crippen molar-refractivity contribution in [3.8, 4) is 5.75 Å². The molecule has 1 atom stereocenters. The Hall–Kier alpha value is -3.35. The minimum Gasteiger partial charge on any atom is -0.496 e. The van der Waals surface area contributed by atoms with Crippen molar-refractivity contribution in [1.29, 1.82) is 0 Å². The summed E-state index contributed by atoms with van der Waals surface area (Å²) >= 11 is 0. The molecule has 7 nitrogen and oxygen atoms in total. The fourth-order valence-electron chi connectivity index (χ4n) is 3.49. The Kier molecular flexibility index (Phi) is 5.87. The van der Waals surface area contributed by atoms with Gasteiger partial charge in [-0.2, -0.15) is 0 Å². The van der Waals surface area contributed by atoms with E-state index in [0.717, 1.165) is 5.56 Å². The molecule has 0 spiro atoms. The van der Waals surface area contributed by atoms with Gasteiger partial charge in [0.1, 0.15) is 12.3 Å². The van der Waals surface area contributed by atoms with E-state index in [1.807, 2.05) is 26.0 Å². The van der Waals surface area contributed by atoms with Gasteiger partial charge in [-0.25, -0.2) is 0 Å². The van der Waals surface area contributed by atoms with Gasteiger partial charge in [-0.3, -0.25) is 14.4 Å². The largest absolute Gasteiger partial charge is 0.496 e. The number of nitrogens with zero attached hydrogens (tertiary/aromatic N) is 2. The number of hydrogen-bond acceptors (Lipinski definition) is 4. The zero-order valence-corrected chi connectivity index (χ0v) is 17.1. The highest BCUT2D eigenvalue weighted by Gasteiger charge is 2.30. The summed E-state index contributed by atoms with van der Waals surface area (Å²) in [5.74, 6) is -0.0512. The summed E-state index contributed by atoms with van der Waals surface area (Å²) in [6, 6.07) is 12.1. The highest BCUT2D eigenvalue weighted by atomic mass is 16.5. The molecule has 7 heteroatoms. The zero-order valence-electron chi connectivity index (χ0n) is 17.1. The SMILES string of the molecule is COc1cc(C(=O)N(C)CC(=O)N2c3ccccc3NC(=O)C[C@H]2C)ccc1C. The summed E-state index contributed by atoms with van der Waals surface area (Å²) in [5, 5.41) is 2.83. The second-order valence-electron chi connectivity index (χ2n) is 7.23. The van der Waals surface area contributed by atoms with Gasteiger partial charge in [-0.05, 0) is 43.7 Å². The van der Waals surface area contributed by atoms with Gasteiger partial charge in [0.2, 0.25) is 11.8 Å². The maximum atomic E-state index is 13.1. The molecule has 0 bridgehead atoms. The summed E-state index contributed by atoms with van der Waals surface area (Å²) in [6.45, 7) is 3.61. The molecular formula is C22H25N3O4. The third-order valence-electron chi connectivity index (χ3n) is 5.00. The van der Waals surface area contributed by atoms with Crippen molar-refractivity contribution in [2.45, 2.75) is 26.3 Å². The Morgan fingerprint density at radius 2 is 1.97 bits per heavy atom. The lowest BCUT2D eigenvalue weighted by Crippen LogP contribution is -2.45. The number of rotatable bonds is 4. The molecule has 152 valence electrons. The number of anilines is 2. The van der Waals surface area contributed by atoms with Crippen LogP contribution in [0.25, 0.3) is 0 Å². The number of carbonyl (C=O) groups is 3. The van der Waals surface area contributed by atoms with Crippen LogP contribution in [0.1, 0.15) is 29.3 Å². The first kappa shape index (κ1) is 20.4. The number of hydrogen-bond donors (Lipinski definition) is 1. The summed E-state index contributed by atoms with van der Waals surface area (Å²) in [4.78, 5) is 41.0. The van der Waals surface area contributed by atoms with Crippen LogP contribution < -0.4 is 15.0 Å². The first-order valence-electron chi connectivity index (χ1n) is 9.43. The lowest BCUT2D eigenvalue weighted by Gasteiger charge is -2.29. The standard InChI is InChI=1S/C22H25N3O4/c1-14-9-10-16(12-19(14)29-4)22(28)24(3)13-21(27)25-15(2)11-20(26)23-17-7-5-6-8-18(17)25/h5-10,12,15H,11,13H2,1-4H3,(H,23,26)/t15-/m1/s1. The number of ether oxygens (including phenoxy) is 1. The van der Waals surface area contributed by atoms with Crippen molar-refractivity contribution >= 4 is 29.1 Å². The van der Waals surface area contributed by atoms with Crippen LogP contribution in [0.5, 0.6) is 5.75 Å². The van der Waals surface area contributed by atoms with E-state index in [4.69, 9.17) is 4.74 Å².